The van der Waals surface area contributed by atoms with Gasteiger partial charge in [0.25, 0.3) is 6.71 Å². The zero-order chi connectivity index (χ0) is 38.0. The molecular weight excluding hydrogens is 716 g/mol. The summed E-state index contributed by atoms with van der Waals surface area (Å²) in [5, 5.41) is 10.3. The number of para-hydroxylation sites is 1. The fourth-order valence-electron chi connectivity index (χ4n) is 12.2. The number of rotatable bonds is 4. The van der Waals surface area contributed by atoms with Crippen molar-refractivity contribution in [2.45, 2.75) is 26.7 Å². The fraction of sp³-hybridized carbons (Fsp3) is 0.0741. The molecule has 14 rings (SSSR count). The average Bonchev–Trinajstić information content (AvgIpc) is 3.92. The van der Waals surface area contributed by atoms with E-state index in [1.807, 2.05) is 0 Å². The summed E-state index contributed by atoms with van der Waals surface area (Å²) < 4.78 is 5.44. The van der Waals surface area contributed by atoms with Crippen molar-refractivity contribution in [1.82, 2.24) is 9.13 Å². The van der Waals surface area contributed by atoms with Gasteiger partial charge in [0.15, 0.2) is 8.07 Å². The Hall–Kier alpha value is -6.62. The molecule has 4 aliphatic rings. The number of aromatic nitrogens is 2. The van der Waals surface area contributed by atoms with E-state index in [1.165, 1.54) is 121 Å². The second kappa shape index (κ2) is 10.9. The Morgan fingerprint density at radius 2 is 1.09 bits per heavy atom. The first kappa shape index (κ1) is 31.5. The van der Waals surface area contributed by atoms with Crippen LogP contribution in [0.3, 0.4) is 0 Å². The maximum absolute atomic E-state index is 2.82. The first-order chi connectivity index (χ1) is 28.7. The van der Waals surface area contributed by atoms with Gasteiger partial charge in [-0.15, -0.1) is 0 Å². The van der Waals surface area contributed by atoms with Gasteiger partial charge in [-0.25, -0.2) is 0 Å². The van der Waals surface area contributed by atoms with Crippen molar-refractivity contribution >= 4 is 84.6 Å². The molecule has 10 aromatic rings. The number of hydrogen-bond donors (Lipinski definition) is 0. The van der Waals surface area contributed by atoms with Crippen molar-refractivity contribution in [1.29, 1.82) is 0 Å². The molecule has 0 saturated heterocycles. The Bertz CT molecular complexity index is 3440. The van der Waals surface area contributed by atoms with E-state index >= 15 is 0 Å². The Kier molecular flexibility index (Phi) is 5.89. The van der Waals surface area contributed by atoms with Crippen molar-refractivity contribution in [3.05, 3.63) is 175 Å². The number of aryl methyl sites for hydroxylation is 2. The lowest BCUT2D eigenvalue weighted by atomic mass is 9.34. The summed E-state index contributed by atoms with van der Waals surface area (Å²) >= 11 is 0. The molecule has 1 spiro atoms. The number of benzene rings is 8. The fourth-order valence-corrected chi connectivity index (χ4v) is 17.8. The van der Waals surface area contributed by atoms with Gasteiger partial charge in [0.1, 0.15) is 0 Å². The van der Waals surface area contributed by atoms with Crippen LogP contribution < -0.4 is 37.1 Å². The topological polar surface area (TPSA) is 9.86 Å². The summed E-state index contributed by atoms with van der Waals surface area (Å²) in [5.41, 5.74) is 22.0. The van der Waals surface area contributed by atoms with Crippen LogP contribution in [0.4, 0.5) is 0 Å². The highest BCUT2D eigenvalue weighted by Gasteiger charge is 2.56. The van der Waals surface area contributed by atoms with E-state index in [4.69, 9.17) is 0 Å². The molecule has 4 aliphatic heterocycles. The van der Waals surface area contributed by atoms with Gasteiger partial charge in [0.2, 0.25) is 0 Å². The van der Waals surface area contributed by atoms with Crippen molar-refractivity contribution in [3.8, 4) is 44.9 Å². The van der Waals surface area contributed by atoms with E-state index in [9.17, 15) is 0 Å². The molecule has 0 saturated carbocycles. The minimum Gasteiger partial charge on any atom is -0.310 e. The molecule has 2 nitrogen and oxygen atoms in total. The monoisotopic (exact) mass is 752 g/mol. The first-order valence-electron chi connectivity index (χ1n) is 21.0. The van der Waals surface area contributed by atoms with E-state index < -0.39 is 8.07 Å². The molecule has 0 fully saturated rings. The predicted octanol–water partition coefficient (Wildman–Crippen LogP) is 8.00. The highest BCUT2D eigenvalue weighted by Crippen LogP contribution is 2.46. The Morgan fingerprint density at radius 3 is 1.79 bits per heavy atom. The molecule has 0 unspecified atom stereocenters. The minimum absolute atomic E-state index is 0.0965. The SMILES string of the molecule is CCc1cc2c3c(c1)c1cc(CC)cc4c1n3-c1c(ccc3c1B2c1cccc2c(-c5ccccc5)c(-c5ccccc5)n-3c12)[Si]41c2ccccc2-c2ccccc21. The second-order valence-electron chi connectivity index (χ2n) is 16.9. The first-order valence-corrected chi connectivity index (χ1v) is 23.0. The molecule has 0 radical (unpaired) electrons. The quantitative estimate of drug-likeness (QED) is 0.162. The van der Waals surface area contributed by atoms with E-state index in [1.54, 1.807) is 5.19 Å². The third-order valence-electron chi connectivity index (χ3n) is 14.4. The molecule has 0 N–H and O–H groups in total. The van der Waals surface area contributed by atoms with E-state index in [0.717, 1.165) is 12.8 Å². The maximum Gasteiger partial charge on any atom is 0.252 e. The van der Waals surface area contributed by atoms with Gasteiger partial charge in [0, 0.05) is 44.1 Å². The molecule has 0 atom stereocenters. The molecular formula is C54H37BN2Si. The van der Waals surface area contributed by atoms with Crippen LogP contribution in [0.2, 0.25) is 0 Å². The van der Waals surface area contributed by atoms with Crippen molar-refractivity contribution in [3.63, 3.8) is 0 Å². The smallest absolute Gasteiger partial charge is 0.252 e. The summed E-state index contributed by atoms with van der Waals surface area (Å²) in [7, 11) is -2.82. The predicted molar refractivity (Wildman–Crippen MR) is 248 cm³/mol. The van der Waals surface area contributed by atoms with Crippen LogP contribution in [0.5, 0.6) is 0 Å². The lowest BCUT2D eigenvalue weighted by Gasteiger charge is -2.43. The van der Waals surface area contributed by atoms with Crippen molar-refractivity contribution < 1.29 is 0 Å². The third kappa shape index (κ3) is 3.48. The molecule has 6 heterocycles. The molecule has 270 valence electrons. The maximum atomic E-state index is 2.77. The minimum atomic E-state index is -2.82. The normalized spacial score (nSPS) is 14.3. The van der Waals surface area contributed by atoms with Crippen molar-refractivity contribution in [2.75, 3.05) is 0 Å². The van der Waals surface area contributed by atoms with Gasteiger partial charge < -0.3 is 9.13 Å². The Labute approximate surface area is 338 Å². The second-order valence-corrected chi connectivity index (χ2v) is 20.5. The number of nitrogens with zero attached hydrogens (tertiary/aromatic N) is 2. The zero-order valence-electron chi connectivity index (χ0n) is 32.5. The molecule has 58 heavy (non-hydrogen) atoms. The zero-order valence-corrected chi connectivity index (χ0v) is 33.5. The standard InChI is InChI=1S/C54H37BN2Si/c1-3-32-28-39-40-29-33(4-2)31-47-53(40)57-52(39)42(30-32)55-41-23-15-22-38-48(34-16-7-5-8-17-34)50(35-18-9-6-10-19-35)56(51(38)41)43-26-27-46(54(57)49(43)55)58(47)44-24-13-11-20-36(44)37-21-12-14-25-45(37)58/h5-31H,3-4H2,1-2H3. The van der Waals surface area contributed by atoms with E-state index in [2.05, 4.69) is 187 Å². The molecule has 4 heteroatoms. The van der Waals surface area contributed by atoms with Gasteiger partial charge in [-0.3, -0.25) is 0 Å². The summed E-state index contributed by atoms with van der Waals surface area (Å²) in [6, 6.07) is 63.7. The molecule has 8 aromatic carbocycles. The lowest BCUT2D eigenvalue weighted by molar-refractivity contribution is 1.11. The lowest BCUT2D eigenvalue weighted by Crippen LogP contribution is -2.77. The van der Waals surface area contributed by atoms with Gasteiger partial charge in [-0.1, -0.05) is 159 Å². The number of fused-ring (bicyclic) bond motifs is 11. The third-order valence-corrected chi connectivity index (χ3v) is 19.3. The summed E-state index contributed by atoms with van der Waals surface area (Å²) in [6.45, 7) is 4.76. The molecule has 0 aliphatic carbocycles. The summed E-state index contributed by atoms with van der Waals surface area (Å²) in [4.78, 5) is 0. The average molecular weight is 753 g/mol. The van der Waals surface area contributed by atoms with Gasteiger partial charge in [-0.05, 0) is 102 Å². The molecule has 0 bridgehead atoms. The largest absolute Gasteiger partial charge is 0.310 e. The highest BCUT2D eigenvalue weighted by atomic mass is 28.3. The summed E-state index contributed by atoms with van der Waals surface area (Å²) in [5.74, 6) is 0. The van der Waals surface area contributed by atoms with Crippen LogP contribution in [0.15, 0.2) is 164 Å². The highest BCUT2D eigenvalue weighted by molar-refractivity contribution is 7.24. The van der Waals surface area contributed by atoms with Gasteiger partial charge in [0.05, 0.1) is 11.2 Å². The Balaban J connectivity index is 1.25. The van der Waals surface area contributed by atoms with Crippen molar-refractivity contribution in [2.24, 2.45) is 0 Å². The van der Waals surface area contributed by atoms with Crippen LogP contribution in [0.1, 0.15) is 25.0 Å². The van der Waals surface area contributed by atoms with Gasteiger partial charge >= 0.3 is 0 Å². The van der Waals surface area contributed by atoms with Crippen LogP contribution in [-0.2, 0) is 12.8 Å². The van der Waals surface area contributed by atoms with Gasteiger partial charge in [-0.2, -0.15) is 0 Å². The van der Waals surface area contributed by atoms with E-state index in [0.29, 0.717) is 0 Å². The van der Waals surface area contributed by atoms with Crippen LogP contribution in [0.25, 0.3) is 77.6 Å². The van der Waals surface area contributed by atoms with Crippen LogP contribution in [0, 0.1) is 0 Å². The van der Waals surface area contributed by atoms with Crippen LogP contribution in [-0.4, -0.2) is 23.9 Å². The molecule has 2 aromatic heterocycles. The Morgan fingerprint density at radius 1 is 0.466 bits per heavy atom. The van der Waals surface area contributed by atoms with Crippen LogP contribution >= 0.6 is 0 Å². The number of hydrogen-bond acceptors (Lipinski definition) is 0. The van der Waals surface area contributed by atoms with E-state index in [-0.39, 0.29) is 6.71 Å². The molecule has 0 amide bonds. The summed E-state index contributed by atoms with van der Waals surface area (Å²) in [6.07, 6.45) is 2.01.